The fraction of sp³-hybridized carbons (Fsp3) is 0.188. The Morgan fingerprint density at radius 3 is 2.50 bits per heavy atom. The van der Waals surface area contributed by atoms with E-state index in [0.29, 0.717) is 15.7 Å². The molecule has 0 aliphatic rings. The van der Waals surface area contributed by atoms with Crippen molar-refractivity contribution in [3.8, 4) is 5.75 Å². The standard InChI is InChI=1S/C16H15Cl2NO2S/c1-10-3-8-13(17)16(15(10)18)19-14(20)9-22-12-6-4-11(21-2)5-7-12/h3-8H,9H2,1-2H3,(H,19,20). The minimum Gasteiger partial charge on any atom is -0.497 e. The van der Waals surface area contributed by atoms with Gasteiger partial charge in [-0.25, -0.2) is 0 Å². The summed E-state index contributed by atoms with van der Waals surface area (Å²) in [6.07, 6.45) is 0. The first-order valence-electron chi connectivity index (χ1n) is 6.52. The molecule has 0 fully saturated rings. The molecule has 116 valence electrons. The van der Waals surface area contributed by atoms with Crippen molar-refractivity contribution >= 4 is 46.6 Å². The van der Waals surface area contributed by atoms with E-state index in [1.165, 1.54) is 11.8 Å². The van der Waals surface area contributed by atoms with Crippen molar-refractivity contribution in [1.29, 1.82) is 0 Å². The number of rotatable bonds is 5. The number of halogens is 2. The molecule has 1 N–H and O–H groups in total. The van der Waals surface area contributed by atoms with Crippen LogP contribution in [0.3, 0.4) is 0 Å². The fourth-order valence-electron chi connectivity index (χ4n) is 1.77. The number of carbonyl (C=O) groups excluding carboxylic acids is 1. The van der Waals surface area contributed by atoms with Crippen LogP contribution in [0.15, 0.2) is 41.3 Å². The van der Waals surface area contributed by atoms with E-state index in [4.69, 9.17) is 27.9 Å². The molecule has 6 heteroatoms. The van der Waals surface area contributed by atoms with Crippen LogP contribution < -0.4 is 10.1 Å². The van der Waals surface area contributed by atoms with Crippen molar-refractivity contribution in [2.24, 2.45) is 0 Å². The molecule has 3 nitrogen and oxygen atoms in total. The summed E-state index contributed by atoms with van der Waals surface area (Å²) in [7, 11) is 1.62. The third-order valence-electron chi connectivity index (χ3n) is 2.98. The highest BCUT2D eigenvalue weighted by atomic mass is 35.5. The second kappa shape index (κ2) is 7.77. The monoisotopic (exact) mass is 355 g/mol. The lowest BCUT2D eigenvalue weighted by Crippen LogP contribution is -2.14. The van der Waals surface area contributed by atoms with Gasteiger partial charge in [-0.05, 0) is 42.8 Å². The molecule has 0 heterocycles. The summed E-state index contributed by atoms with van der Waals surface area (Å²) in [6, 6.07) is 11.1. The molecular formula is C16H15Cl2NO2S. The highest BCUT2D eigenvalue weighted by molar-refractivity contribution is 8.00. The maximum absolute atomic E-state index is 12.1. The van der Waals surface area contributed by atoms with Gasteiger partial charge in [0.1, 0.15) is 5.75 Å². The molecule has 0 spiro atoms. The van der Waals surface area contributed by atoms with Crippen molar-refractivity contribution < 1.29 is 9.53 Å². The molecule has 0 bridgehead atoms. The lowest BCUT2D eigenvalue weighted by Gasteiger charge is -2.11. The molecule has 0 saturated heterocycles. The van der Waals surface area contributed by atoms with E-state index in [0.717, 1.165) is 16.2 Å². The Morgan fingerprint density at radius 2 is 1.86 bits per heavy atom. The van der Waals surface area contributed by atoms with Gasteiger partial charge in [0.05, 0.1) is 28.6 Å². The van der Waals surface area contributed by atoms with E-state index in [1.54, 1.807) is 13.2 Å². The first kappa shape index (κ1) is 17.0. The number of methoxy groups -OCH3 is 1. The summed E-state index contributed by atoms with van der Waals surface area (Å²) in [6.45, 7) is 1.86. The second-order valence-corrected chi connectivity index (χ2v) is 6.40. The number of aryl methyl sites for hydroxylation is 1. The Balaban J connectivity index is 1.97. The number of benzene rings is 2. The van der Waals surface area contributed by atoms with Crippen molar-refractivity contribution in [2.45, 2.75) is 11.8 Å². The molecule has 0 unspecified atom stereocenters. The van der Waals surface area contributed by atoms with E-state index in [2.05, 4.69) is 5.32 Å². The summed E-state index contributed by atoms with van der Waals surface area (Å²) in [4.78, 5) is 13.0. The number of anilines is 1. The van der Waals surface area contributed by atoms with E-state index in [9.17, 15) is 4.79 Å². The molecule has 1 amide bonds. The van der Waals surface area contributed by atoms with Gasteiger partial charge < -0.3 is 10.1 Å². The molecule has 0 atom stereocenters. The Morgan fingerprint density at radius 1 is 1.18 bits per heavy atom. The zero-order valence-corrected chi connectivity index (χ0v) is 14.5. The zero-order valence-electron chi connectivity index (χ0n) is 12.2. The molecule has 0 aliphatic carbocycles. The summed E-state index contributed by atoms with van der Waals surface area (Å²) in [5.74, 6) is 0.898. The Hall–Kier alpha value is -1.36. The van der Waals surface area contributed by atoms with Gasteiger partial charge in [0.15, 0.2) is 0 Å². The van der Waals surface area contributed by atoms with Gasteiger partial charge >= 0.3 is 0 Å². The van der Waals surface area contributed by atoms with Gasteiger partial charge in [-0.1, -0.05) is 29.3 Å². The summed E-state index contributed by atoms with van der Waals surface area (Å²) in [5, 5.41) is 3.66. The third kappa shape index (κ3) is 4.32. The van der Waals surface area contributed by atoms with Crippen LogP contribution in [0, 0.1) is 6.92 Å². The summed E-state index contributed by atoms with van der Waals surface area (Å²) < 4.78 is 5.09. The third-order valence-corrected chi connectivity index (χ3v) is 4.79. The lowest BCUT2D eigenvalue weighted by molar-refractivity contribution is -0.113. The number of thioether (sulfide) groups is 1. The number of nitrogens with one attached hydrogen (secondary N) is 1. The topological polar surface area (TPSA) is 38.3 Å². The van der Waals surface area contributed by atoms with Gasteiger partial charge in [-0.2, -0.15) is 0 Å². The number of ether oxygens (including phenoxy) is 1. The van der Waals surface area contributed by atoms with E-state index < -0.39 is 0 Å². The van der Waals surface area contributed by atoms with E-state index in [1.807, 2.05) is 37.3 Å². The molecule has 0 aliphatic heterocycles. The van der Waals surface area contributed by atoms with Gasteiger partial charge in [0.25, 0.3) is 0 Å². The van der Waals surface area contributed by atoms with Crippen LogP contribution in [-0.2, 0) is 4.79 Å². The number of carbonyl (C=O) groups is 1. The van der Waals surface area contributed by atoms with Crippen LogP contribution in [0.25, 0.3) is 0 Å². The van der Waals surface area contributed by atoms with E-state index in [-0.39, 0.29) is 11.7 Å². The predicted octanol–water partition coefficient (Wildman–Crippen LogP) is 5.04. The van der Waals surface area contributed by atoms with Gasteiger partial charge in [0.2, 0.25) is 5.91 Å². The van der Waals surface area contributed by atoms with Gasteiger partial charge in [-0.3, -0.25) is 4.79 Å². The van der Waals surface area contributed by atoms with Crippen molar-refractivity contribution in [1.82, 2.24) is 0 Å². The molecule has 22 heavy (non-hydrogen) atoms. The van der Waals surface area contributed by atoms with Gasteiger partial charge in [-0.15, -0.1) is 11.8 Å². The molecule has 2 aromatic rings. The first-order valence-corrected chi connectivity index (χ1v) is 8.26. The normalized spacial score (nSPS) is 10.4. The first-order chi connectivity index (χ1) is 10.5. The maximum atomic E-state index is 12.1. The Kier molecular flexibility index (Phi) is 6.00. The Labute approximate surface area is 144 Å². The fourth-order valence-corrected chi connectivity index (χ4v) is 2.93. The van der Waals surface area contributed by atoms with Crippen LogP contribution >= 0.6 is 35.0 Å². The van der Waals surface area contributed by atoms with Crippen LogP contribution in [0.4, 0.5) is 5.69 Å². The maximum Gasteiger partial charge on any atom is 0.234 e. The quantitative estimate of drug-likeness (QED) is 0.763. The highest BCUT2D eigenvalue weighted by Crippen LogP contribution is 2.33. The largest absolute Gasteiger partial charge is 0.497 e. The summed E-state index contributed by atoms with van der Waals surface area (Å²) in [5.41, 5.74) is 1.33. The Bertz CT molecular complexity index is 675. The van der Waals surface area contributed by atoms with Crippen LogP contribution in [0.1, 0.15) is 5.56 Å². The number of amides is 1. The van der Waals surface area contributed by atoms with Gasteiger partial charge in [0, 0.05) is 4.90 Å². The lowest BCUT2D eigenvalue weighted by atomic mass is 10.2. The van der Waals surface area contributed by atoms with Crippen molar-refractivity contribution in [3.05, 3.63) is 52.0 Å². The molecule has 2 rings (SSSR count). The van der Waals surface area contributed by atoms with E-state index >= 15 is 0 Å². The molecule has 0 radical (unpaired) electrons. The smallest absolute Gasteiger partial charge is 0.234 e. The molecular weight excluding hydrogens is 341 g/mol. The van der Waals surface area contributed by atoms with Crippen LogP contribution in [0.5, 0.6) is 5.75 Å². The average Bonchev–Trinajstić information content (AvgIpc) is 2.53. The molecule has 0 saturated carbocycles. The SMILES string of the molecule is COc1ccc(SCC(=O)Nc2c(Cl)ccc(C)c2Cl)cc1. The number of hydrogen-bond donors (Lipinski definition) is 1. The highest BCUT2D eigenvalue weighted by Gasteiger charge is 2.12. The minimum atomic E-state index is -0.157. The molecule has 0 aromatic heterocycles. The van der Waals surface area contributed by atoms with Crippen molar-refractivity contribution in [3.63, 3.8) is 0 Å². The minimum absolute atomic E-state index is 0.157. The summed E-state index contributed by atoms with van der Waals surface area (Å²) >= 11 is 13.7. The van der Waals surface area contributed by atoms with Crippen LogP contribution in [0.2, 0.25) is 10.0 Å². The van der Waals surface area contributed by atoms with Crippen molar-refractivity contribution in [2.75, 3.05) is 18.2 Å². The average molecular weight is 356 g/mol. The predicted molar refractivity (Wildman–Crippen MR) is 93.5 cm³/mol. The molecule has 2 aromatic carbocycles. The zero-order chi connectivity index (χ0) is 16.1. The number of hydrogen-bond acceptors (Lipinski definition) is 3. The van der Waals surface area contributed by atoms with Crippen LogP contribution in [-0.4, -0.2) is 18.8 Å². The second-order valence-electron chi connectivity index (χ2n) is 4.57.